The molecular weight excluding hydrogens is 246 g/mol. The van der Waals surface area contributed by atoms with Gasteiger partial charge in [-0.2, -0.15) is 0 Å². The lowest BCUT2D eigenvalue weighted by Crippen LogP contribution is -2.52. The zero-order chi connectivity index (χ0) is 13.3. The molecule has 0 spiro atoms. The minimum absolute atomic E-state index is 0.0715. The van der Waals surface area contributed by atoms with Gasteiger partial charge in [0.05, 0.1) is 4.99 Å². The number of carbonyl (C=O) groups excluding carboxylic acids is 1. The Labute approximate surface area is 114 Å². The molecule has 18 heavy (non-hydrogen) atoms. The molecule has 0 aromatic rings. The first-order valence-electron chi connectivity index (χ1n) is 6.72. The SMILES string of the molecule is CC(C)(CCN1CCN2C(=O)CCC2C1)C(N)=S. The number of piperazine rings is 1. The maximum absolute atomic E-state index is 11.6. The van der Waals surface area contributed by atoms with Crippen LogP contribution in [-0.4, -0.2) is 52.9 Å². The van der Waals surface area contributed by atoms with Crippen LogP contribution in [0.25, 0.3) is 0 Å². The lowest BCUT2D eigenvalue weighted by molar-refractivity contribution is -0.130. The quantitative estimate of drug-likeness (QED) is 0.774. The first-order valence-corrected chi connectivity index (χ1v) is 7.13. The summed E-state index contributed by atoms with van der Waals surface area (Å²) < 4.78 is 0. The van der Waals surface area contributed by atoms with Crippen molar-refractivity contribution in [3.8, 4) is 0 Å². The molecule has 102 valence electrons. The Balaban J connectivity index is 1.83. The van der Waals surface area contributed by atoms with Gasteiger partial charge in [0, 0.05) is 37.5 Å². The zero-order valence-corrected chi connectivity index (χ0v) is 12.1. The van der Waals surface area contributed by atoms with E-state index in [2.05, 4.69) is 23.6 Å². The molecule has 0 aromatic heterocycles. The van der Waals surface area contributed by atoms with E-state index in [4.69, 9.17) is 18.0 Å². The second kappa shape index (κ2) is 5.13. The highest BCUT2D eigenvalue weighted by Crippen LogP contribution is 2.25. The smallest absolute Gasteiger partial charge is 0.222 e. The number of fused-ring (bicyclic) bond motifs is 1. The molecule has 2 fully saturated rings. The van der Waals surface area contributed by atoms with Crippen molar-refractivity contribution in [1.29, 1.82) is 0 Å². The van der Waals surface area contributed by atoms with Gasteiger partial charge in [-0.05, 0) is 19.4 Å². The summed E-state index contributed by atoms with van der Waals surface area (Å²) in [6, 6.07) is 0.444. The Kier molecular flexibility index (Phi) is 3.92. The number of hydrogen-bond acceptors (Lipinski definition) is 3. The van der Waals surface area contributed by atoms with Crippen LogP contribution in [-0.2, 0) is 4.79 Å². The van der Waals surface area contributed by atoms with Crippen LogP contribution in [0.1, 0.15) is 33.1 Å². The molecule has 2 saturated heterocycles. The molecular formula is C13H23N3OS. The second-order valence-corrected chi connectivity index (χ2v) is 6.52. The van der Waals surface area contributed by atoms with E-state index in [0.717, 1.165) is 45.4 Å². The van der Waals surface area contributed by atoms with Gasteiger partial charge in [0.15, 0.2) is 0 Å². The predicted molar refractivity (Wildman–Crippen MR) is 76.4 cm³/mol. The third kappa shape index (κ3) is 2.83. The Morgan fingerprint density at radius 2 is 2.22 bits per heavy atom. The highest BCUT2D eigenvalue weighted by Gasteiger charge is 2.35. The van der Waals surface area contributed by atoms with Crippen LogP contribution in [0.2, 0.25) is 0 Å². The molecule has 1 unspecified atom stereocenters. The lowest BCUT2D eigenvalue weighted by Gasteiger charge is -2.38. The van der Waals surface area contributed by atoms with Crippen molar-refractivity contribution in [2.75, 3.05) is 26.2 Å². The van der Waals surface area contributed by atoms with Crippen molar-refractivity contribution in [1.82, 2.24) is 9.80 Å². The van der Waals surface area contributed by atoms with Crippen molar-refractivity contribution < 1.29 is 4.79 Å². The Morgan fingerprint density at radius 1 is 1.50 bits per heavy atom. The average molecular weight is 269 g/mol. The summed E-state index contributed by atoms with van der Waals surface area (Å²) in [6.07, 6.45) is 2.74. The van der Waals surface area contributed by atoms with Crippen LogP contribution in [0.15, 0.2) is 0 Å². The zero-order valence-electron chi connectivity index (χ0n) is 11.3. The van der Waals surface area contributed by atoms with E-state index in [1.807, 2.05) is 0 Å². The molecule has 2 rings (SSSR count). The summed E-state index contributed by atoms with van der Waals surface area (Å²) in [7, 11) is 0. The van der Waals surface area contributed by atoms with Gasteiger partial charge in [0.2, 0.25) is 5.91 Å². The van der Waals surface area contributed by atoms with Gasteiger partial charge in [-0.1, -0.05) is 26.1 Å². The highest BCUT2D eigenvalue weighted by molar-refractivity contribution is 7.80. The first kappa shape index (κ1) is 13.7. The molecule has 0 bridgehead atoms. The normalized spacial score (nSPS) is 25.3. The summed E-state index contributed by atoms with van der Waals surface area (Å²) in [4.78, 5) is 16.7. The van der Waals surface area contributed by atoms with Crippen LogP contribution in [0.4, 0.5) is 0 Å². The molecule has 1 atom stereocenters. The van der Waals surface area contributed by atoms with Crippen LogP contribution < -0.4 is 5.73 Å². The fraction of sp³-hybridized carbons (Fsp3) is 0.846. The molecule has 0 aliphatic carbocycles. The summed E-state index contributed by atoms with van der Waals surface area (Å²) in [5.41, 5.74) is 5.68. The minimum atomic E-state index is -0.0715. The molecule has 2 heterocycles. The second-order valence-electron chi connectivity index (χ2n) is 6.08. The summed E-state index contributed by atoms with van der Waals surface area (Å²) in [5.74, 6) is 0.336. The number of nitrogens with zero attached hydrogens (tertiary/aromatic N) is 2. The summed E-state index contributed by atoms with van der Waals surface area (Å²) in [6.45, 7) is 8.10. The van der Waals surface area contributed by atoms with Crippen LogP contribution >= 0.6 is 12.2 Å². The van der Waals surface area contributed by atoms with E-state index >= 15 is 0 Å². The molecule has 0 saturated carbocycles. The number of thiocarbonyl (C=S) groups is 1. The lowest BCUT2D eigenvalue weighted by atomic mass is 9.89. The highest BCUT2D eigenvalue weighted by atomic mass is 32.1. The van der Waals surface area contributed by atoms with Gasteiger partial charge >= 0.3 is 0 Å². The van der Waals surface area contributed by atoms with Crippen molar-refractivity contribution in [3.05, 3.63) is 0 Å². The van der Waals surface area contributed by atoms with Crippen LogP contribution in [0.5, 0.6) is 0 Å². The minimum Gasteiger partial charge on any atom is -0.393 e. The Morgan fingerprint density at radius 3 is 2.89 bits per heavy atom. The third-order valence-corrected chi connectivity index (χ3v) is 4.85. The monoisotopic (exact) mass is 269 g/mol. The number of carbonyl (C=O) groups is 1. The van der Waals surface area contributed by atoms with E-state index in [9.17, 15) is 4.79 Å². The molecule has 1 amide bonds. The van der Waals surface area contributed by atoms with Gasteiger partial charge in [0.25, 0.3) is 0 Å². The maximum Gasteiger partial charge on any atom is 0.222 e. The molecule has 2 N–H and O–H groups in total. The first-order chi connectivity index (χ1) is 8.40. The predicted octanol–water partition coefficient (Wildman–Crippen LogP) is 0.995. The van der Waals surface area contributed by atoms with Gasteiger partial charge < -0.3 is 10.6 Å². The standard InChI is InChI=1S/C13H23N3OS/c1-13(2,12(14)18)5-6-15-7-8-16-10(9-15)3-4-11(16)17/h10H,3-9H2,1-2H3,(H2,14,18). The Hall–Kier alpha value is -0.680. The van der Waals surface area contributed by atoms with Crippen molar-refractivity contribution in [2.24, 2.45) is 11.1 Å². The van der Waals surface area contributed by atoms with Gasteiger partial charge in [0.1, 0.15) is 0 Å². The number of rotatable bonds is 4. The van der Waals surface area contributed by atoms with E-state index < -0.39 is 0 Å². The van der Waals surface area contributed by atoms with Gasteiger partial charge in [-0.3, -0.25) is 9.69 Å². The number of nitrogens with two attached hydrogens (primary N) is 1. The molecule has 2 aliphatic rings. The van der Waals surface area contributed by atoms with E-state index in [1.165, 1.54) is 0 Å². The van der Waals surface area contributed by atoms with Crippen LogP contribution in [0, 0.1) is 5.41 Å². The van der Waals surface area contributed by atoms with E-state index in [1.54, 1.807) is 0 Å². The van der Waals surface area contributed by atoms with Crippen molar-refractivity contribution in [3.63, 3.8) is 0 Å². The third-order valence-electron chi connectivity index (χ3n) is 4.30. The Bertz CT molecular complexity index is 356. The molecule has 2 aliphatic heterocycles. The molecule has 0 aromatic carbocycles. The number of amides is 1. The number of hydrogen-bond donors (Lipinski definition) is 1. The maximum atomic E-state index is 11.6. The van der Waals surface area contributed by atoms with Gasteiger partial charge in [-0.15, -0.1) is 0 Å². The summed E-state index contributed by atoms with van der Waals surface area (Å²) in [5, 5.41) is 0. The molecule has 5 heteroatoms. The average Bonchev–Trinajstić information content (AvgIpc) is 2.68. The topological polar surface area (TPSA) is 49.6 Å². The fourth-order valence-corrected chi connectivity index (χ4v) is 2.79. The molecule has 4 nitrogen and oxygen atoms in total. The largest absolute Gasteiger partial charge is 0.393 e. The summed E-state index contributed by atoms with van der Waals surface area (Å²) >= 11 is 5.10. The van der Waals surface area contributed by atoms with E-state index in [0.29, 0.717) is 16.9 Å². The fourth-order valence-electron chi connectivity index (χ4n) is 2.69. The molecule has 0 radical (unpaired) electrons. The van der Waals surface area contributed by atoms with Crippen molar-refractivity contribution >= 4 is 23.1 Å². The van der Waals surface area contributed by atoms with Gasteiger partial charge in [-0.25, -0.2) is 0 Å². The van der Waals surface area contributed by atoms with Crippen LogP contribution in [0.3, 0.4) is 0 Å². The van der Waals surface area contributed by atoms with Crippen molar-refractivity contribution in [2.45, 2.75) is 39.2 Å². The van der Waals surface area contributed by atoms with E-state index in [-0.39, 0.29) is 5.41 Å².